The summed E-state index contributed by atoms with van der Waals surface area (Å²) in [5.41, 5.74) is 0.984. The average Bonchev–Trinajstić information content (AvgIpc) is 3.24. The number of anilines is 1. The molecule has 0 spiro atoms. The molecule has 13 heteroatoms. The number of nitrogens with zero attached hydrogens (tertiary/aromatic N) is 3. The number of nitrogens with one attached hydrogen (secondary N) is 2. The molecule has 4 rings (SSSR count). The van der Waals surface area contributed by atoms with E-state index in [0.29, 0.717) is 55.8 Å². The summed E-state index contributed by atoms with van der Waals surface area (Å²) in [5.74, 6) is -2.43. The third-order valence-electron chi connectivity index (χ3n) is 7.79. The molecule has 0 bridgehead atoms. The number of alkyl halides is 2. The van der Waals surface area contributed by atoms with Gasteiger partial charge in [-0.15, -0.1) is 0 Å². The minimum Gasteiger partial charge on any atom is -0.496 e. The van der Waals surface area contributed by atoms with Gasteiger partial charge in [-0.3, -0.25) is 9.48 Å². The lowest BCUT2D eigenvalue weighted by Crippen LogP contribution is -2.42. The summed E-state index contributed by atoms with van der Waals surface area (Å²) >= 11 is 6.68. The van der Waals surface area contributed by atoms with E-state index in [1.54, 1.807) is 10.7 Å². The van der Waals surface area contributed by atoms with Crippen molar-refractivity contribution in [2.75, 3.05) is 25.2 Å². The van der Waals surface area contributed by atoms with Crippen LogP contribution >= 0.6 is 11.6 Å². The highest BCUT2D eigenvalue weighted by molar-refractivity contribution is 7.91. The highest BCUT2D eigenvalue weighted by Gasteiger charge is 2.41. The minimum atomic E-state index is -3.05. The van der Waals surface area contributed by atoms with E-state index in [1.807, 2.05) is 6.92 Å². The van der Waals surface area contributed by atoms with Crippen molar-refractivity contribution < 1.29 is 26.7 Å². The van der Waals surface area contributed by atoms with Gasteiger partial charge in [0.2, 0.25) is 0 Å². The molecule has 1 amide bonds. The molecule has 216 valence electrons. The highest BCUT2D eigenvalue weighted by Crippen LogP contribution is 2.39. The zero-order valence-corrected chi connectivity index (χ0v) is 24.0. The molecule has 39 heavy (non-hydrogen) atoms. The monoisotopic (exact) mass is 587 g/mol. The van der Waals surface area contributed by atoms with E-state index in [2.05, 4.69) is 20.7 Å². The van der Waals surface area contributed by atoms with Gasteiger partial charge in [-0.25, -0.2) is 22.2 Å². The van der Waals surface area contributed by atoms with Crippen LogP contribution in [0.2, 0.25) is 5.02 Å². The fourth-order valence-corrected chi connectivity index (χ4v) is 6.92. The molecule has 0 aromatic carbocycles. The van der Waals surface area contributed by atoms with E-state index in [1.165, 1.54) is 19.6 Å². The molecule has 2 aromatic heterocycles. The minimum absolute atomic E-state index is 0.0597. The zero-order chi connectivity index (χ0) is 28.4. The number of aromatic nitrogens is 3. The van der Waals surface area contributed by atoms with Gasteiger partial charge in [-0.05, 0) is 51.4 Å². The molecule has 0 saturated heterocycles. The maximum atomic E-state index is 14.3. The van der Waals surface area contributed by atoms with E-state index >= 15 is 0 Å². The van der Waals surface area contributed by atoms with E-state index < -0.39 is 27.7 Å². The lowest BCUT2D eigenvalue weighted by atomic mass is 9.89. The van der Waals surface area contributed by atoms with Gasteiger partial charge >= 0.3 is 0 Å². The average molecular weight is 588 g/mol. The molecule has 2 aromatic rings. The second kappa shape index (κ2) is 12.0. The predicted molar refractivity (Wildman–Crippen MR) is 146 cm³/mol. The van der Waals surface area contributed by atoms with Gasteiger partial charge in [-0.1, -0.05) is 18.0 Å². The Labute approximate surface area is 233 Å². The number of ether oxygens (including phenoxy) is 1. The quantitative estimate of drug-likeness (QED) is 0.426. The summed E-state index contributed by atoms with van der Waals surface area (Å²) in [5, 5.41) is 9.99. The summed E-state index contributed by atoms with van der Waals surface area (Å²) in [6.07, 6.45) is 6.79. The van der Waals surface area contributed by atoms with Crippen LogP contribution in [0.1, 0.15) is 68.8 Å². The number of halogens is 3. The molecule has 1 atom stereocenters. The third kappa shape index (κ3) is 6.65. The fourth-order valence-electron chi connectivity index (χ4n) is 5.47. The van der Waals surface area contributed by atoms with Crippen molar-refractivity contribution in [2.24, 2.45) is 5.92 Å². The molecule has 0 radical (unpaired) electrons. The Kier molecular flexibility index (Phi) is 9.05. The Bertz CT molecular complexity index is 1300. The Morgan fingerprint density at radius 3 is 2.56 bits per heavy atom. The first kappa shape index (κ1) is 29.5. The van der Waals surface area contributed by atoms with Gasteiger partial charge in [0.25, 0.3) is 11.8 Å². The topological polar surface area (TPSA) is 115 Å². The number of pyridine rings is 1. The molecule has 2 aliphatic carbocycles. The van der Waals surface area contributed by atoms with Crippen molar-refractivity contribution in [1.82, 2.24) is 20.1 Å². The smallest absolute Gasteiger partial charge is 0.273 e. The van der Waals surface area contributed by atoms with E-state index in [0.717, 1.165) is 19.3 Å². The van der Waals surface area contributed by atoms with Crippen LogP contribution in [-0.4, -0.2) is 66.2 Å². The van der Waals surface area contributed by atoms with Crippen LogP contribution in [0.25, 0.3) is 11.3 Å². The van der Waals surface area contributed by atoms with Gasteiger partial charge in [0.15, 0.2) is 5.69 Å². The molecular formula is C26H36ClF2N5O4S. The summed E-state index contributed by atoms with van der Waals surface area (Å²) in [7, 11) is -1.59. The summed E-state index contributed by atoms with van der Waals surface area (Å²) in [4.78, 5) is 17.4. The van der Waals surface area contributed by atoms with Crippen LogP contribution in [0.15, 0.2) is 12.3 Å². The molecule has 1 unspecified atom stereocenters. The molecule has 2 N–H and O–H groups in total. The molecular weight excluding hydrogens is 552 g/mol. The van der Waals surface area contributed by atoms with Gasteiger partial charge in [0, 0.05) is 38.0 Å². The lowest BCUT2D eigenvalue weighted by molar-refractivity contribution is -0.0449. The SMILES string of the molecule is CCn1nc(C(=O)NCC2CCC(S(C)(=O)=O)CC2)c(Cl)c1-c1cnc(NC2CCCCC2(F)F)cc1OC. The van der Waals surface area contributed by atoms with Crippen LogP contribution in [0.3, 0.4) is 0 Å². The van der Waals surface area contributed by atoms with Crippen molar-refractivity contribution in [1.29, 1.82) is 0 Å². The van der Waals surface area contributed by atoms with Crippen molar-refractivity contribution in [3.8, 4) is 17.0 Å². The van der Waals surface area contributed by atoms with Crippen LogP contribution in [0.5, 0.6) is 5.75 Å². The maximum absolute atomic E-state index is 14.3. The first-order valence-electron chi connectivity index (χ1n) is 13.4. The first-order chi connectivity index (χ1) is 18.4. The van der Waals surface area contributed by atoms with E-state index in [4.69, 9.17) is 16.3 Å². The summed E-state index contributed by atoms with van der Waals surface area (Å²) < 4.78 is 59.4. The number of amides is 1. The normalized spacial score (nSPS) is 23.3. The highest BCUT2D eigenvalue weighted by atomic mass is 35.5. The number of carbonyl (C=O) groups is 1. The van der Waals surface area contributed by atoms with Crippen molar-refractivity contribution in [2.45, 2.75) is 82.0 Å². The zero-order valence-electron chi connectivity index (χ0n) is 22.5. The summed E-state index contributed by atoms with van der Waals surface area (Å²) in [6, 6.07) is 0.548. The molecule has 2 saturated carbocycles. The number of methoxy groups -OCH3 is 1. The van der Waals surface area contributed by atoms with Crippen LogP contribution in [-0.2, 0) is 16.4 Å². The Morgan fingerprint density at radius 1 is 1.23 bits per heavy atom. The molecule has 2 fully saturated rings. The van der Waals surface area contributed by atoms with Crippen molar-refractivity contribution in [3.63, 3.8) is 0 Å². The van der Waals surface area contributed by atoms with Gasteiger partial charge in [0.05, 0.1) is 34.7 Å². The number of aryl methyl sites for hydroxylation is 1. The van der Waals surface area contributed by atoms with Crippen molar-refractivity contribution in [3.05, 3.63) is 23.0 Å². The van der Waals surface area contributed by atoms with Crippen LogP contribution in [0.4, 0.5) is 14.6 Å². The summed E-state index contributed by atoms with van der Waals surface area (Å²) in [6.45, 7) is 2.67. The van der Waals surface area contributed by atoms with Gasteiger partial charge in [-0.2, -0.15) is 5.10 Å². The number of carbonyl (C=O) groups excluding carboxylic acids is 1. The second-order valence-corrected chi connectivity index (χ2v) is 13.2. The predicted octanol–water partition coefficient (Wildman–Crippen LogP) is 4.95. The largest absolute Gasteiger partial charge is 0.496 e. The van der Waals surface area contributed by atoms with Crippen LogP contribution < -0.4 is 15.4 Å². The fraction of sp³-hybridized carbons (Fsp3) is 0.654. The number of sulfone groups is 1. The molecule has 2 aliphatic rings. The standard InChI is InChI=1S/C26H36ClF2N5O4S/c1-4-34-24(18-15-30-21(13-19(18)38-2)32-20-7-5-6-12-26(20,28)29)22(27)23(33-34)25(35)31-14-16-8-10-17(11-9-16)39(3,36)37/h13,15-17,20H,4-12,14H2,1-3H3,(H,30,32)(H,31,35). The molecule has 9 nitrogen and oxygen atoms in total. The van der Waals surface area contributed by atoms with Crippen LogP contribution in [0, 0.1) is 5.92 Å². The Hall–Kier alpha value is -2.47. The Balaban J connectivity index is 1.49. The number of rotatable bonds is 9. The number of hydrogen-bond acceptors (Lipinski definition) is 7. The second-order valence-electron chi connectivity index (χ2n) is 10.5. The lowest BCUT2D eigenvalue weighted by Gasteiger charge is -2.32. The molecule has 0 aliphatic heterocycles. The van der Waals surface area contributed by atoms with Gasteiger partial charge in [0.1, 0.15) is 21.4 Å². The maximum Gasteiger partial charge on any atom is 0.273 e. The number of hydrogen-bond donors (Lipinski definition) is 2. The Morgan fingerprint density at radius 2 is 1.95 bits per heavy atom. The first-order valence-corrected chi connectivity index (χ1v) is 15.7. The third-order valence-corrected chi connectivity index (χ3v) is 9.83. The molecule has 2 heterocycles. The van der Waals surface area contributed by atoms with Gasteiger partial charge < -0.3 is 15.4 Å². The van der Waals surface area contributed by atoms with E-state index in [9.17, 15) is 22.0 Å². The van der Waals surface area contributed by atoms with E-state index in [-0.39, 0.29) is 34.1 Å². The van der Waals surface area contributed by atoms with Crippen molar-refractivity contribution >= 4 is 33.2 Å².